The Morgan fingerprint density at radius 1 is 0.692 bits per heavy atom. The third-order valence-corrected chi connectivity index (χ3v) is 8.41. The van der Waals surface area contributed by atoms with E-state index in [1.54, 1.807) is 6.07 Å². The molecule has 1 heterocycles. The molecule has 0 amide bonds. The first-order chi connectivity index (χ1) is 19.1. The van der Waals surface area contributed by atoms with E-state index >= 15 is 0 Å². The maximum absolute atomic E-state index is 11.1. The van der Waals surface area contributed by atoms with Crippen LogP contribution in [0.4, 0.5) is 17.1 Å². The van der Waals surface area contributed by atoms with Gasteiger partial charge in [0, 0.05) is 0 Å². The molecule has 0 unspecified atom stereocenters. The summed E-state index contributed by atoms with van der Waals surface area (Å²) in [5, 5.41) is 18.0. The van der Waals surface area contributed by atoms with Gasteiger partial charge < -0.3 is 0 Å². The second-order valence-corrected chi connectivity index (χ2v) is 11.1. The van der Waals surface area contributed by atoms with Crippen LogP contribution in [0.25, 0.3) is 28.2 Å². The first-order valence-corrected chi connectivity index (χ1v) is 14.1. The number of nitrogens with zero attached hydrogens (tertiary/aromatic N) is 2. The number of hydrogen-bond acceptors (Lipinski definition) is 3. The molecule has 0 atom stereocenters. The van der Waals surface area contributed by atoms with E-state index < -0.39 is 5.97 Å². The van der Waals surface area contributed by atoms with Crippen LogP contribution in [0.1, 0.15) is 15.6 Å². The summed E-state index contributed by atoms with van der Waals surface area (Å²) in [7, 11) is 0. The van der Waals surface area contributed by atoms with Gasteiger partial charge in [0.05, 0.1) is 0 Å². The molecule has 39 heavy (non-hydrogen) atoms. The Morgan fingerprint density at radius 3 is 1.82 bits per heavy atom. The summed E-state index contributed by atoms with van der Waals surface area (Å²) in [6, 6.07) is 42.9. The fourth-order valence-corrected chi connectivity index (χ4v) is 6.09. The molecule has 0 aliphatic rings. The monoisotopic (exact) mass is 572 g/mol. The van der Waals surface area contributed by atoms with Gasteiger partial charge in [-0.3, -0.25) is 0 Å². The zero-order valence-corrected chi connectivity index (χ0v) is 22.7. The van der Waals surface area contributed by atoms with Crippen molar-refractivity contribution in [3.63, 3.8) is 0 Å². The van der Waals surface area contributed by atoms with Gasteiger partial charge in [0.1, 0.15) is 0 Å². The van der Waals surface area contributed by atoms with E-state index in [4.69, 9.17) is 10.4 Å². The molecule has 0 radical (unpaired) electrons. The molecule has 0 saturated carbocycles. The number of nitriles is 1. The molecule has 5 rings (SSSR count). The van der Waals surface area contributed by atoms with Gasteiger partial charge in [0.25, 0.3) is 0 Å². The summed E-state index contributed by atoms with van der Waals surface area (Å²) in [4.78, 5) is 13.3. The number of carbonyl (C=O) groups is 1. The minimum absolute atomic E-state index is 0.171. The fraction of sp³-hybridized carbons (Fsp3) is 0. The number of aliphatic carboxylic acids is 1. The molecule has 0 aliphatic carbocycles. The van der Waals surface area contributed by atoms with E-state index in [1.165, 1.54) is 15.0 Å². The van der Waals surface area contributed by atoms with E-state index in [0.29, 0.717) is 5.56 Å². The van der Waals surface area contributed by atoms with Crippen molar-refractivity contribution in [1.82, 2.24) is 0 Å². The number of para-hydroxylation sites is 2. The molecule has 5 heteroatoms. The van der Waals surface area contributed by atoms with E-state index in [2.05, 4.69) is 102 Å². The number of anilines is 3. The van der Waals surface area contributed by atoms with Crippen molar-refractivity contribution in [2.75, 3.05) is 4.90 Å². The Kier molecular flexibility index (Phi) is 8.00. The van der Waals surface area contributed by atoms with Crippen LogP contribution in [0.15, 0.2) is 127 Å². The topological polar surface area (TPSA) is 64.3 Å². The molecule has 188 valence electrons. The molecule has 0 bridgehead atoms. The fourth-order valence-electron chi connectivity index (χ4n) is 4.16. The molecule has 0 saturated heterocycles. The average molecular weight is 572 g/mol. The first-order valence-electron chi connectivity index (χ1n) is 12.3. The molecular formula is C34H24N2O2Se. The summed E-state index contributed by atoms with van der Waals surface area (Å²) in [6.45, 7) is 0. The van der Waals surface area contributed by atoms with Crippen LogP contribution < -0.4 is 4.90 Å². The van der Waals surface area contributed by atoms with Gasteiger partial charge in [0.15, 0.2) is 0 Å². The van der Waals surface area contributed by atoms with E-state index in [9.17, 15) is 4.79 Å². The van der Waals surface area contributed by atoms with Crippen LogP contribution in [0, 0.1) is 11.3 Å². The molecule has 4 aromatic carbocycles. The Bertz CT molecular complexity index is 1620. The van der Waals surface area contributed by atoms with Crippen molar-refractivity contribution >= 4 is 55.8 Å². The van der Waals surface area contributed by atoms with Gasteiger partial charge in [-0.1, -0.05) is 0 Å². The minimum atomic E-state index is -1.22. The number of carboxylic acid groups (broad SMARTS) is 1. The quantitative estimate of drug-likeness (QED) is 0.116. The van der Waals surface area contributed by atoms with Crippen molar-refractivity contribution < 1.29 is 9.90 Å². The van der Waals surface area contributed by atoms with Crippen molar-refractivity contribution in [3.05, 3.63) is 142 Å². The molecule has 4 nitrogen and oxygen atoms in total. The van der Waals surface area contributed by atoms with Gasteiger partial charge in [-0.2, -0.15) is 0 Å². The summed E-state index contributed by atoms with van der Waals surface area (Å²) in [5.41, 5.74) is 5.98. The van der Waals surface area contributed by atoms with Gasteiger partial charge in [-0.15, -0.1) is 0 Å². The average Bonchev–Trinajstić information content (AvgIpc) is 3.46. The van der Waals surface area contributed by atoms with Crippen LogP contribution in [0.2, 0.25) is 0 Å². The molecule has 1 aromatic heterocycles. The van der Waals surface area contributed by atoms with Gasteiger partial charge in [0.2, 0.25) is 0 Å². The van der Waals surface area contributed by atoms with Crippen molar-refractivity contribution in [1.29, 1.82) is 5.26 Å². The molecule has 0 aliphatic heterocycles. The number of rotatable bonds is 8. The zero-order chi connectivity index (χ0) is 27.0. The molecule has 1 N–H and O–H groups in total. The summed E-state index contributed by atoms with van der Waals surface area (Å²) < 4.78 is 2.53. The van der Waals surface area contributed by atoms with Crippen LogP contribution in [-0.4, -0.2) is 25.6 Å². The maximum atomic E-state index is 11.1. The molecule has 5 aromatic rings. The number of hydrogen-bond donors (Lipinski definition) is 1. The number of carboxylic acids is 1. The summed E-state index contributed by atoms with van der Waals surface area (Å²) in [5.74, 6) is -1.22. The summed E-state index contributed by atoms with van der Waals surface area (Å²) in [6.07, 6.45) is 5.71. The third-order valence-electron chi connectivity index (χ3n) is 6.10. The van der Waals surface area contributed by atoms with E-state index in [0.717, 1.165) is 28.2 Å². The van der Waals surface area contributed by atoms with Crippen LogP contribution in [-0.2, 0) is 4.79 Å². The third kappa shape index (κ3) is 6.34. The summed E-state index contributed by atoms with van der Waals surface area (Å²) >= 11 is 0.171. The van der Waals surface area contributed by atoms with Gasteiger partial charge >= 0.3 is 234 Å². The van der Waals surface area contributed by atoms with Crippen molar-refractivity contribution in [2.24, 2.45) is 0 Å². The molecule has 0 spiro atoms. The van der Waals surface area contributed by atoms with E-state index in [1.807, 2.05) is 36.4 Å². The van der Waals surface area contributed by atoms with Crippen molar-refractivity contribution in [2.45, 2.75) is 0 Å². The second kappa shape index (κ2) is 12.1. The van der Waals surface area contributed by atoms with Crippen LogP contribution in [0.5, 0.6) is 0 Å². The van der Waals surface area contributed by atoms with Gasteiger partial charge in [-0.25, -0.2) is 0 Å². The Hall–Kier alpha value is -4.88. The predicted octanol–water partition coefficient (Wildman–Crippen LogP) is 8.04. The predicted molar refractivity (Wildman–Crippen MR) is 160 cm³/mol. The Balaban J connectivity index is 1.31. The second-order valence-electron chi connectivity index (χ2n) is 8.73. The Labute approximate surface area is 233 Å². The normalized spacial score (nSPS) is 11.3. The molecular weight excluding hydrogens is 547 g/mol. The van der Waals surface area contributed by atoms with Gasteiger partial charge in [-0.05, 0) is 0 Å². The SMILES string of the molecule is N#C/C(=C\c1ccc(-c2ccc(/C=C/c3ccc(N(c4ccccc4)c4ccccc4)cc3)[se]2)cc1)C(=O)O. The van der Waals surface area contributed by atoms with Crippen LogP contribution >= 0.6 is 0 Å². The van der Waals surface area contributed by atoms with E-state index in [-0.39, 0.29) is 20.1 Å². The first kappa shape index (κ1) is 25.8. The zero-order valence-electron chi connectivity index (χ0n) is 20.9. The number of benzene rings is 4. The standard InChI is InChI=1S/C34H24N2O2Se/c35-24-28(34(37)38)23-26-11-16-27(17-12-26)33-22-21-32(39-33)20-15-25-13-18-31(19-14-25)36(29-7-3-1-4-8-29)30-9-5-2-6-10-30/h1-23H,(H,37,38)/b20-15+,28-23+. The van der Waals surface area contributed by atoms with Crippen LogP contribution in [0.3, 0.4) is 0 Å². The Morgan fingerprint density at radius 2 is 1.26 bits per heavy atom. The molecule has 0 fully saturated rings. The van der Waals surface area contributed by atoms with Crippen molar-refractivity contribution in [3.8, 4) is 16.1 Å².